The van der Waals surface area contributed by atoms with Gasteiger partial charge in [0.1, 0.15) is 13.0 Å². The van der Waals surface area contributed by atoms with Crippen molar-refractivity contribution in [1.29, 1.82) is 0 Å². The number of benzene rings is 2. The molecule has 0 fully saturated rings. The number of rotatable bonds is 1. The molecular weight excluding hydrogens is 456 g/mol. The number of aryl methyl sites for hydroxylation is 2. The molecular formula is C32H25N4O+. The van der Waals surface area contributed by atoms with Gasteiger partial charge >= 0.3 is 0 Å². The van der Waals surface area contributed by atoms with Crippen molar-refractivity contribution < 1.29 is 8.98 Å². The minimum Gasteiger partial charge on any atom is -0.437 e. The van der Waals surface area contributed by atoms with E-state index in [-0.39, 0.29) is 11.8 Å². The van der Waals surface area contributed by atoms with Crippen molar-refractivity contribution in [2.24, 2.45) is 7.05 Å². The highest BCUT2D eigenvalue weighted by molar-refractivity contribution is 6.09. The molecule has 2 unspecified atom stereocenters. The molecule has 5 heteroatoms. The van der Waals surface area contributed by atoms with Crippen LogP contribution in [0.5, 0.6) is 0 Å². The van der Waals surface area contributed by atoms with E-state index in [1.54, 1.807) is 0 Å². The SMILES string of the molecule is Cc1ccc2c(n1)oc1c(-c3ccc4c([n+]3C)C3c5ccccc5C4c4nccnc43)c(C)c(C)cc12. The Kier molecular flexibility index (Phi) is 3.99. The first kappa shape index (κ1) is 20.8. The molecule has 3 aliphatic carbocycles. The van der Waals surface area contributed by atoms with Gasteiger partial charge in [0.15, 0.2) is 11.3 Å². The van der Waals surface area contributed by atoms with Crippen molar-refractivity contribution in [3.05, 3.63) is 118 Å². The van der Waals surface area contributed by atoms with Crippen LogP contribution in [-0.2, 0) is 7.05 Å². The van der Waals surface area contributed by atoms with Gasteiger partial charge in [0, 0.05) is 40.5 Å². The van der Waals surface area contributed by atoms with E-state index >= 15 is 0 Å². The molecule has 2 aromatic carbocycles. The van der Waals surface area contributed by atoms with Crippen LogP contribution in [0, 0.1) is 20.8 Å². The fourth-order valence-corrected chi connectivity index (χ4v) is 6.69. The van der Waals surface area contributed by atoms with Crippen molar-refractivity contribution in [3.63, 3.8) is 0 Å². The minimum atomic E-state index is 0.0467. The molecule has 0 amide bonds. The molecule has 5 nitrogen and oxygen atoms in total. The lowest BCUT2D eigenvalue weighted by Gasteiger charge is -2.37. The summed E-state index contributed by atoms with van der Waals surface area (Å²) < 4.78 is 8.85. The molecule has 0 spiro atoms. The predicted octanol–water partition coefficient (Wildman–Crippen LogP) is 6.17. The summed E-state index contributed by atoms with van der Waals surface area (Å²) in [5, 5.41) is 2.17. The lowest BCUT2D eigenvalue weighted by Crippen LogP contribution is -2.44. The van der Waals surface area contributed by atoms with Crippen molar-refractivity contribution in [2.45, 2.75) is 32.6 Å². The van der Waals surface area contributed by atoms with Crippen LogP contribution in [0.2, 0.25) is 0 Å². The van der Waals surface area contributed by atoms with E-state index in [0.717, 1.165) is 44.7 Å². The van der Waals surface area contributed by atoms with Crippen molar-refractivity contribution in [2.75, 3.05) is 0 Å². The van der Waals surface area contributed by atoms with Gasteiger partial charge < -0.3 is 4.42 Å². The molecule has 9 rings (SSSR count). The molecule has 178 valence electrons. The van der Waals surface area contributed by atoms with E-state index in [4.69, 9.17) is 19.4 Å². The molecule has 37 heavy (non-hydrogen) atoms. The number of hydrogen-bond acceptors (Lipinski definition) is 4. The van der Waals surface area contributed by atoms with E-state index in [1.165, 1.54) is 33.5 Å². The summed E-state index contributed by atoms with van der Waals surface area (Å²) in [6, 6.07) is 19.7. The van der Waals surface area contributed by atoms with E-state index in [9.17, 15) is 0 Å². The van der Waals surface area contributed by atoms with Gasteiger partial charge in [0.2, 0.25) is 11.4 Å². The van der Waals surface area contributed by atoms with Gasteiger partial charge in [-0.15, -0.1) is 0 Å². The largest absolute Gasteiger partial charge is 0.437 e. The molecule has 0 radical (unpaired) electrons. The summed E-state index contributed by atoms with van der Waals surface area (Å²) in [5.74, 6) is 0.141. The molecule has 4 aromatic heterocycles. The monoisotopic (exact) mass is 481 g/mol. The summed E-state index contributed by atoms with van der Waals surface area (Å²) in [5.41, 5.74) is 14.7. The van der Waals surface area contributed by atoms with Gasteiger partial charge in [-0.25, -0.2) is 4.98 Å². The molecule has 2 atom stereocenters. The molecule has 3 aliphatic rings. The Morgan fingerprint density at radius 1 is 0.784 bits per heavy atom. The fourth-order valence-electron chi connectivity index (χ4n) is 6.69. The number of pyridine rings is 2. The number of nitrogens with zero attached hydrogens (tertiary/aromatic N) is 4. The van der Waals surface area contributed by atoms with Crippen molar-refractivity contribution in [1.82, 2.24) is 15.0 Å². The third-order valence-electron chi connectivity index (χ3n) is 8.49. The van der Waals surface area contributed by atoms with E-state index < -0.39 is 0 Å². The first-order valence-corrected chi connectivity index (χ1v) is 12.8. The Morgan fingerprint density at radius 3 is 2.30 bits per heavy atom. The van der Waals surface area contributed by atoms with E-state index in [1.807, 2.05) is 19.3 Å². The molecule has 4 heterocycles. The third kappa shape index (κ3) is 2.58. The summed E-state index contributed by atoms with van der Waals surface area (Å²) in [6.45, 7) is 6.37. The molecule has 2 bridgehead atoms. The average molecular weight is 482 g/mol. The van der Waals surface area contributed by atoms with Gasteiger partial charge in [-0.2, -0.15) is 4.57 Å². The van der Waals surface area contributed by atoms with Crippen LogP contribution in [-0.4, -0.2) is 15.0 Å². The van der Waals surface area contributed by atoms with Gasteiger partial charge in [0.25, 0.3) is 0 Å². The first-order chi connectivity index (χ1) is 18.0. The highest BCUT2D eigenvalue weighted by Gasteiger charge is 2.48. The Morgan fingerprint density at radius 2 is 1.51 bits per heavy atom. The lowest BCUT2D eigenvalue weighted by atomic mass is 9.65. The normalized spacial score (nSPS) is 17.2. The van der Waals surface area contributed by atoms with Gasteiger partial charge in [-0.3, -0.25) is 9.97 Å². The number of fused-ring (bicyclic) bond motifs is 3. The highest BCUT2D eigenvalue weighted by atomic mass is 16.3. The standard InChI is InChI=1S/C32H25N4O/c1-16-15-23-21-10-9-17(2)35-32(21)37-31(23)25(18(16)3)24-12-11-22-26-19-7-5-6-8-20(19)27(30(22)36(24)4)29-28(26)33-13-14-34-29/h5-15,26-27H,1-4H3/q+1. The predicted molar refractivity (Wildman–Crippen MR) is 143 cm³/mol. The Bertz CT molecular complexity index is 1900. The Balaban J connectivity index is 1.45. The van der Waals surface area contributed by atoms with Crippen LogP contribution < -0.4 is 4.57 Å². The van der Waals surface area contributed by atoms with Crippen LogP contribution in [0.25, 0.3) is 33.3 Å². The molecule has 0 saturated carbocycles. The van der Waals surface area contributed by atoms with Crippen LogP contribution in [0.15, 0.2) is 71.4 Å². The van der Waals surface area contributed by atoms with Crippen molar-refractivity contribution in [3.8, 4) is 11.3 Å². The summed E-state index contributed by atoms with van der Waals surface area (Å²) in [7, 11) is 2.19. The quantitative estimate of drug-likeness (QED) is 0.263. The molecule has 0 N–H and O–H groups in total. The van der Waals surface area contributed by atoms with Gasteiger partial charge in [0.05, 0.1) is 22.9 Å². The van der Waals surface area contributed by atoms with Gasteiger partial charge in [-0.05, 0) is 67.3 Å². The second-order valence-electron chi connectivity index (χ2n) is 10.4. The smallest absolute Gasteiger partial charge is 0.227 e. The van der Waals surface area contributed by atoms with Crippen LogP contribution in [0.3, 0.4) is 0 Å². The zero-order valence-electron chi connectivity index (χ0n) is 21.2. The van der Waals surface area contributed by atoms with Crippen LogP contribution in [0.1, 0.15) is 62.4 Å². The van der Waals surface area contributed by atoms with Crippen LogP contribution >= 0.6 is 0 Å². The zero-order valence-corrected chi connectivity index (χ0v) is 21.2. The average Bonchev–Trinajstić information content (AvgIpc) is 3.26. The Labute approximate surface area is 214 Å². The first-order valence-electron chi connectivity index (χ1n) is 12.8. The highest BCUT2D eigenvalue weighted by Crippen LogP contribution is 2.53. The maximum atomic E-state index is 6.48. The molecule has 0 saturated heterocycles. The zero-order chi connectivity index (χ0) is 25.0. The fraction of sp³-hybridized carbons (Fsp3) is 0.188. The second kappa shape index (κ2) is 7.10. The third-order valence-corrected chi connectivity index (χ3v) is 8.49. The maximum Gasteiger partial charge on any atom is 0.227 e. The minimum absolute atomic E-state index is 0.0467. The second-order valence-corrected chi connectivity index (χ2v) is 10.4. The summed E-state index contributed by atoms with van der Waals surface area (Å²) in [4.78, 5) is 14.4. The van der Waals surface area contributed by atoms with Gasteiger partial charge in [-0.1, -0.05) is 24.3 Å². The Hall–Kier alpha value is -4.38. The van der Waals surface area contributed by atoms with E-state index in [0.29, 0.717) is 5.71 Å². The van der Waals surface area contributed by atoms with Crippen molar-refractivity contribution >= 4 is 22.1 Å². The van der Waals surface area contributed by atoms with E-state index in [2.05, 4.69) is 80.1 Å². The maximum absolute atomic E-state index is 6.48. The number of aromatic nitrogens is 4. The molecule has 0 aliphatic heterocycles. The topological polar surface area (TPSA) is 55.7 Å². The molecule has 6 aromatic rings. The van der Waals surface area contributed by atoms with Crippen LogP contribution in [0.4, 0.5) is 0 Å². The number of furan rings is 1. The summed E-state index contributed by atoms with van der Waals surface area (Å²) in [6.07, 6.45) is 3.64. The summed E-state index contributed by atoms with van der Waals surface area (Å²) >= 11 is 0. The lowest BCUT2D eigenvalue weighted by molar-refractivity contribution is -0.669. The number of hydrogen-bond donors (Lipinski definition) is 0.